The van der Waals surface area contributed by atoms with Crippen molar-refractivity contribution in [1.29, 1.82) is 0 Å². The van der Waals surface area contributed by atoms with Crippen LogP contribution in [0.1, 0.15) is 17.5 Å². The van der Waals surface area contributed by atoms with Crippen LogP contribution in [0.5, 0.6) is 0 Å². The molecule has 27 heavy (non-hydrogen) atoms. The smallest absolute Gasteiger partial charge is 0.173 e. The van der Waals surface area contributed by atoms with E-state index >= 15 is 0 Å². The summed E-state index contributed by atoms with van der Waals surface area (Å²) in [4.78, 5) is 6.34. The summed E-state index contributed by atoms with van der Waals surface area (Å²) in [7, 11) is 0. The van der Waals surface area contributed by atoms with Gasteiger partial charge in [0.2, 0.25) is 0 Å². The van der Waals surface area contributed by atoms with E-state index < -0.39 is 0 Å². The topological polar surface area (TPSA) is 33.1 Å². The molecule has 0 radical (unpaired) electrons. The number of anilines is 1. The number of aromatic nitrogens is 2. The zero-order valence-electron chi connectivity index (χ0n) is 15.3. The van der Waals surface area contributed by atoms with Crippen LogP contribution in [0.25, 0.3) is 0 Å². The van der Waals surface area contributed by atoms with Crippen molar-refractivity contribution in [2.75, 3.05) is 11.9 Å². The fraction of sp³-hybridized carbons (Fsp3) is 0.238. The first-order valence-corrected chi connectivity index (χ1v) is 10.1. The Labute approximate surface area is 174 Å². The predicted octanol–water partition coefficient (Wildman–Crippen LogP) is 5.24. The third-order valence-electron chi connectivity index (χ3n) is 4.41. The highest BCUT2D eigenvalue weighted by Gasteiger charge is 2.12. The third kappa shape index (κ3) is 5.91. The number of halogens is 1. The van der Waals surface area contributed by atoms with Crippen LogP contribution in [-0.2, 0) is 13.1 Å². The molecule has 3 rings (SSSR count). The summed E-state index contributed by atoms with van der Waals surface area (Å²) in [5.74, 6) is 0. The molecule has 0 aliphatic rings. The minimum absolute atomic E-state index is 0.742. The first-order valence-electron chi connectivity index (χ1n) is 8.93. The zero-order chi connectivity index (χ0) is 19.1. The molecule has 0 spiro atoms. The van der Waals surface area contributed by atoms with Gasteiger partial charge in [-0.2, -0.15) is 0 Å². The van der Waals surface area contributed by atoms with Crippen molar-refractivity contribution in [3.63, 3.8) is 0 Å². The first kappa shape index (κ1) is 19.6. The van der Waals surface area contributed by atoms with E-state index in [1.165, 1.54) is 11.1 Å². The predicted molar refractivity (Wildman–Crippen MR) is 119 cm³/mol. The summed E-state index contributed by atoms with van der Waals surface area (Å²) in [6.45, 7) is 4.73. The molecule has 140 valence electrons. The molecule has 1 aromatic heterocycles. The average Bonchev–Trinajstić information content (AvgIpc) is 3.18. The Balaban J connectivity index is 1.68. The summed E-state index contributed by atoms with van der Waals surface area (Å²) >= 11 is 9.20. The number of nitrogens with zero attached hydrogens (tertiary/aromatic N) is 3. The highest BCUT2D eigenvalue weighted by Crippen LogP contribution is 2.16. The summed E-state index contributed by atoms with van der Waals surface area (Å²) in [6.07, 6.45) is 6.64. The molecule has 1 N–H and O–H groups in total. The van der Waals surface area contributed by atoms with E-state index in [0.29, 0.717) is 0 Å². The van der Waals surface area contributed by atoms with Crippen LogP contribution in [-0.4, -0.2) is 26.1 Å². The number of benzene rings is 2. The van der Waals surface area contributed by atoms with Crippen molar-refractivity contribution in [3.05, 3.63) is 82.9 Å². The van der Waals surface area contributed by atoms with Gasteiger partial charge in [-0.3, -0.25) is 0 Å². The molecule has 1 heterocycles. The Morgan fingerprint density at radius 3 is 2.67 bits per heavy atom. The molecular weight excluding hydrogens is 420 g/mol. The minimum Gasteiger partial charge on any atom is -0.345 e. The molecule has 0 atom stereocenters. The number of imidazole rings is 1. The Hall–Kier alpha value is -2.18. The van der Waals surface area contributed by atoms with Gasteiger partial charge in [0.15, 0.2) is 5.11 Å². The standard InChI is InChI=1S/C21H23BrN4S/c1-17-5-2-3-6-18(17)15-26(13-4-12-25-14-11-23-16-25)21(27)24-20-9-7-19(22)8-10-20/h2-3,5-11,14,16H,4,12-13,15H2,1H3,(H,24,27). The van der Waals surface area contributed by atoms with Gasteiger partial charge in [0.25, 0.3) is 0 Å². The van der Waals surface area contributed by atoms with E-state index in [1.807, 2.05) is 43.0 Å². The van der Waals surface area contributed by atoms with E-state index in [-0.39, 0.29) is 0 Å². The summed E-state index contributed by atoms with van der Waals surface area (Å²) in [6, 6.07) is 16.5. The van der Waals surface area contributed by atoms with Gasteiger partial charge >= 0.3 is 0 Å². The largest absolute Gasteiger partial charge is 0.345 e. The molecule has 4 nitrogen and oxygen atoms in total. The lowest BCUT2D eigenvalue weighted by atomic mass is 10.1. The zero-order valence-corrected chi connectivity index (χ0v) is 17.7. The Morgan fingerprint density at radius 2 is 1.96 bits per heavy atom. The second-order valence-electron chi connectivity index (χ2n) is 6.44. The molecule has 2 aromatic carbocycles. The van der Waals surface area contributed by atoms with Crippen LogP contribution < -0.4 is 5.32 Å². The van der Waals surface area contributed by atoms with Gasteiger partial charge in [0, 0.05) is 42.2 Å². The maximum absolute atomic E-state index is 5.73. The Kier molecular flexibility index (Phi) is 7.01. The molecule has 0 fully saturated rings. The van der Waals surface area contributed by atoms with Crippen molar-refractivity contribution in [2.24, 2.45) is 0 Å². The van der Waals surface area contributed by atoms with Crippen molar-refractivity contribution >= 4 is 38.9 Å². The SMILES string of the molecule is Cc1ccccc1CN(CCCn1ccnc1)C(=S)Nc1ccc(Br)cc1. The molecule has 3 aromatic rings. The highest BCUT2D eigenvalue weighted by atomic mass is 79.9. The number of thiocarbonyl (C=S) groups is 1. The molecule has 0 saturated carbocycles. The molecule has 0 saturated heterocycles. The van der Waals surface area contributed by atoms with E-state index in [2.05, 4.69) is 66.9 Å². The quantitative estimate of drug-likeness (QED) is 0.506. The summed E-state index contributed by atoms with van der Waals surface area (Å²) in [5, 5.41) is 4.11. The van der Waals surface area contributed by atoms with Crippen LogP contribution in [0.15, 0.2) is 71.7 Å². The molecule has 0 bridgehead atoms. The first-order chi connectivity index (χ1) is 13.1. The lowest BCUT2D eigenvalue weighted by molar-refractivity contribution is 0.395. The minimum atomic E-state index is 0.742. The van der Waals surface area contributed by atoms with Gasteiger partial charge in [-0.1, -0.05) is 40.2 Å². The van der Waals surface area contributed by atoms with Crippen LogP contribution >= 0.6 is 28.1 Å². The van der Waals surface area contributed by atoms with Crippen molar-refractivity contribution in [1.82, 2.24) is 14.5 Å². The summed E-state index contributed by atoms with van der Waals surface area (Å²) < 4.78 is 3.15. The second kappa shape index (κ2) is 9.67. The number of aryl methyl sites for hydroxylation is 2. The van der Waals surface area contributed by atoms with Gasteiger partial charge in [0.1, 0.15) is 0 Å². The maximum Gasteiger partial charge on any atom is 0.173 e. The number of rotatable bonds is 7. The fourth-order valence-electron chi connectivity index (χ4n) is 2.84. The fourth-order valence-corrected chi connectivity index (χ4v) is 3.38. The molecule has 0 unspecified atom stereocenters. The molecule has 6 heteroatoms. The van der Waals surface area contributed by atoms with Crippen LogP contribution in [0.3, 0.4) is 0 Å². The monoisotopic (exact) mass is 442 g/mol. The second-order valence-corrected chi connectivity index (χ2v) is 7.74. The van der Waals surface area contributed by atoms with Gasteiger partial charge in [-0.15, -0.1) is 0 Å². The van der Waals surface area contributed by atoms with Crippen LogP contribution in [0.2, 0.25) is 0 Å². The van der Waals surface area contributed by atoms with E-state index in [4.69, 9.17) is 12.2 Å². The number of hydrogen-bond acceptors (Lipinski definition) is 2. The Bertz CT molecular complexity index is 862. The molecule has 0 aliphatic heterocycles. The van der Waals surface area contributed by atoms with Crippen molar-refractivity contribution in [3.8, 4) is 0 Å². The van der Waals surface area contributed by atoms with E-state index in [9.17, 15) is 0 Å². The van der Waals surface area contributed by atoms with Crippen LogP contribution in [0, 0.1) is 6.92 Å². The van der Waals surface area contributed by atoms with Crippen molar-refractivity contribution < 1.29 is 0 Å². The average molecular weight is 443 g/mol. The van der Waals surface area contributed by atoms with Crippen LogP contribution in [0.4, 0.5) is 5.69 Å². The molecular formula is C21H23BrN4S. The maximum atomic E-state index is 5.73. The van der Waals surface area contributed by atoms with Crippen molar-refractivity contribution in [2.45, 2.75) is 26.4 Å². The highest BCUT2D eigenvalue weighted by molar-refractivity contribution is 9.10. The molecule has 0 aliphatic carbocycles. The number of nitrogens with one attached hydrogen (secondary N) is 1. The lowest BCUT2D eigenvalue weighted by Crippen LogP contribution is -2.35. The van der Waals surface area contributed by atoms with E-state index in [1.54, 1.807) is 0 Å². The summed E-state index contributed by atoms with van der Waals surface area (Å²) in [5.41, 5.74) is 3.57. The lowest BCUT2D eigenvalue weighted by Gasteiger charge is -2.27. The van der Waals surface area contributed by atoms with Gasteiger partial charge in [-0.05, 0) is 61.0 Å². The third-order valence-corrected chi connectivity index (χ3v) is 5.30. The molecule has 0 amide bonds. The van der Waals surface area contributed by atoms with Gasteiger partial charge in [0.05, 0.1) is 6.33 Å². The number of hydrogen-bond donors (Lipinski definition) is 1. The van der Waals surface area contributed by atoms with Gasteiger partial charge < -0.3 is 14.8 Å². The van der Waals surface area contributed by atoms with Gasteiger partial charge in [-0.25, -0.2) is 4.98 Å². The normalized spacial score (nSPS) is 10.6. The van der Waals surface area contributed by atoms with E-state index in [0.717, 1.165) is 41.3 Å². The Morgan fingerprint density at radius 1 is 1.19 bits per heavy atom.